The molecule has 1 rings (SSSR count). The van der Waals surface area contributed by atoms with Crippen LogP contribution in [-0.4, -0.2) is 40.0 Å². The fraction of sp³-hybridized carbons (Fsp3) is 1.00. The van der Waals surface area contributed by atoms with Gasteiger partial charge < -0.3 is 10.1 Å². The third-order valence-corrected chi connectivity index (χ3v) is 3.36. The first-order chi connectivity index (χ1) is 5.54. The predicted octanol–water partition coefficient (Wildman–Crippen LogP) is -1.35. The van der Waals surface area contributed by atoms with Gasteiger partial charge in [0.1, 0.15) is 0 Å². The molecule has 1 fully saturated rings. The number of methoxy groups -OCH3 is 1. The molecular formula is C6H14N2O3S. The Balaban J connectivity index is 2.58. The second kappa shape index (κ2) is 3.69. The molecule has 0 aromatic heterocycles. The van der Waals surface area contributed by atoms with E-state index in [4.69, 9.17) is 9.88 Å². The van der Waals surface area contributed by atoms with Gasteiger partial charge in [-0.15, -0.1) is 0 Å². The zero-order valence-electron chi connectivity index (χ0n) is 6.99. The standard InChI is InChI=1S/C6H14N2O3S/c1-11-5-2-6(4-8-3-5)12(7,9)10/h5-6,8H,2-4H2,1H3,(H2,7,9,10)/t5-,6+/m0/s1. The van der Waals surface area contributed by atoms with E-state index >= 15 is 0 Å². The van der Waals surface area contributed by atoms with Gasteiger partial charge in [0, 0.05) is 20.2 Å². The van der Waals surface area contributed by atoms with E-state index < -0.39 is 15.3 Å². The summed E-state index contributed by atoms with van der Waals surface area (Å²) in [5, 5.41) is 7.46. The smallest absolute Gasteiger partial charge is 0.213 e. The average Bonchev–Trinajstić information content (AvgIpc) is 2.03. The van der Waals surface area contributed by atoms with Crippen LogP contribution in [0.4, 0.5) is 0 Å². The largest absolute Gasteiger partial charge is 0.380 e. The minimum Gasteiger partial charge on any atom is -0.380 e. The Bertz CT molecular complexity index is 239. The molecule has 0 amide bonds. The first-order valence-corrected chi connectivity index (χ1v) is 5.40. The van der Waals surface area contributed by atoms with Crippen LogP contribution >= 0.6 is 0 Å². The molecule has 1 saturated heterocycles. The molecule has 0 aromatic rings. The number of hydrogen-bond acceptors (Lipinski definition) is 4. The van der Waals surface area contributed by atoms with Crippen molar-refractivity contribution in [2.24, 2.45) is 5.14 Å². The van der Waals surface area contributed by atoms with E-state index in [0.717, 1.165) is 0 Å². The molecule has 1 heterocycles. The third kappa shape index (κ3) is 2.41. The van der Waals surface area contributed by atoms with Gasteiger partial charge in [-0.2, -0.15) is 0 Å². The molecule has 12 heavy (non-hydrogen) atoms. The third-order valence-electron chi connectivity index (χ3n) is 2.07. The fourth-order valence-electron chi connectivity index (χ4n) is 1.30. The van der Waals surface area contributed by atoms with Gasteiger partial charge in [-0.3, -0.25) is 0 Å². The van der Waals surface area contributed by atoms with Gasteiger partial charge in [0.2, 0.25) is 10.0 Å². The second-order valence-corrected chi connectivity index (χ2v) is 4.81. The normalized spacial score (nSPS) is 31.8. The van der Waals surface area contributed by atoms with Crippen molar-refractivity contribution in [1.29, 1.82) is 0 Å². The molecule has 0 saturated carbocycles. The highest BCUT2D eigenvalue weighted by molar-refractivity contribution is 7.89. The number of primary sulfonamides is 1. The van der Waals surface area contributed by atoms with Crippen molar-refractivity contribution in [2.45, 2.75) is 17.8 Å². The highest BCUT2D eigenvalue weighted by Gasteiger charge is 2.28. The van der Waals surface area contributed by atoms with Crippen molar-refractivity contribution in [2.75, 3.05) is 20.2 Å². The van der Waals surface area contributed by atoms with Crippen LogP contribution in [0.25, 0.3) is 0 Å². The Morgan fingerprint density at radius 2 is 2.17 bits per heavy atom. The summed E-state index contributed by atoms with van der Waals surface area (Å²) < 4.78 is 26.9. The Morgan fingerprint density at radius 3 is 2.67 bits per heavy atom. The summed E-state index contributed by atoms with van der Waals surface area (Å²) in [6.07, 6.45) is 0.449. The zero-order chi connectivity index (χ0) is 9.19. The van der Waals surface area contributed by atoms with E-state index in [1.54, 1.807) is 7.11 Å². The first-order valence-electron chi connectivity index (χ1n) is 3.79. The number of sulfonamides is 1. The van der Waals surface area contributed by atoms with Crippen LogP contribution < -0.4 is 10.5 Å². The van der Waals surface area contributed by atoms with Gasteiger partial charge in [0.25, 0.3) is 0 Å². The van der Waals surface area contributed by atoms with E-state index in [1.165, 1.54) is 0 Å². The summed E-state index contributed by atoms with van der Waals surface area (Å²) in [5.41, 5.74) is 0. The molecule has 5 nitrogen and oxygen atoms in total. The van der Waals surface area contributed by atoms with Crippen molar-refractivity contribution in [3.05, 3.63) is 0 Å². The molecule has 0 radical (unpaired) electrons. The lowest BCUT2D eigenvalue weighted by atomic mass is 10.1. The summed E-state index contributed by atoms with van der Waals surface area (Å²) in [7, 11) is -1.84. The van der Waals surface area contributed by atoms with E-state index in [-0.39, 0.29) is 6.10 Å². The van der Waals surface area contributed by atoms with Crippen molar-refractivity contribution in [1.82, 2.24) is 5.32 Å². The van der Waals surface area contributed by atoms with Crippen LogP contribution in [0.1, 0.15) is 6.42 Å². The Labute approximate surface area is 72.3 Å². The molecule has 1 aliphatic rings. The van der Waals surface area contributed by atoms with Crippen LogP contribution in [0.15, 0.2) is 0 Å². The summed E-state index contributed by atoms with van der Waals surface area (Å²) in [4.78, 5) is 0. The quantitative estimate of drug-likeness (QED) is 0.569. The van der Waals surface area contributed by atoms with Crippen LogP contribution in [0, 0.1) is 0 Å². The Hall–Kier alpha value is -0.170. The molecule has 1 aliphatic heterocycles. The van der Waals surface area contributed by atoms with E-state index in [9.17, 15) is 8.42 Å². The minimum absolute atomic E-state index is 0.0397. The van der Waals surface area contributed by atoms with Crippen LogP contribution in [0.5, 0.6) is 0 Å². The summed E-state index contributed by atoms with van der Waals surface area (Å²) in [6, 6.07) is 0. The van der Waals surface area contributed by atoms with E-state index in [1.807, 2.05) is 0 Å². The van der Waals surface area contributed by atoms with Crippen LogP contribution in [-0.2, 0) is 14.8 Å². The van der Waals surface area contributed by atoms with Crippen LogP contribution in [0.2, 0.25) is 0 Å². The van der Waals surface area contributed by atoms with Gasteiger partial charge in [-0.25, -0.2) is 13.6 Å². The molecule has 0 bridgehead atoms. The molecule has 2 atom stereocenters. The lowest BCUT2D eigenvalue weighted by Gasteiger charge is -2.27. The molecular weight excluding hydrogens is 180 g/mol. The SMILES string of the molecule is CO[C@@H]1CNC[C@H](S(N)(=O)=O)C1. The fourth-order valence-corrected chi connectivity index (χ4v) is 2.13. The van der Waals surface area contributed by atoms with Crippen molar-refractivity contribution < 1.29 is 13.2 Å². The summed E-state index contributed by atoms with van der Waals surface area (Å²) >= 11 is 0. The molecule has 0 unspecified atom stereocenters. The van der Waals surface area contributed by atoms with E-state index in [0.29, 0.717) is 19.5 Å². The van der Waals surface area contributed by atoms with E-state index in [2.05, 4.69) is 5.32 Å². The van der Waals surface area contributed by atoms with Crippen LogP contribution in [0.3, 0.4) is 0 Å². The summed E-state index contributed by atoms with van der Waals surface area (Å²) in [5.74, 6) is 0. The highest BCUT2D eigenvalue weighted by atomic mass is 32.2. The minimum atomic E-state index is -3.41. The van der Waals surface area contributed by atoms with Crippen molar-refractivity contribution in [3.8, 4) is 0 Å². The average molecular weight is 194 g/mol. The lowest BCUT2D eigenvalue weighted by molar-refractivity contribution is 0.0820. The van der Waals surface area contributed by atoms with Gasteiger partial charge in [-0.05, 0) is 6.42 Å². The van der Waals surface area contributed by atoms with Gasteiger partial charge >= 0.3 is 0 Å². The highest BCUT2D eigenvalue weighted by Crippen LogP contribution is 2.11. The lowest BCUT2D eigenvalue weighted by Crippen LogP contribution is -2.48. The monoisotopic (exact) mass is 194 g/mol. The molecule has 72 valence electrons. The Kier molecular flexibility index (Phi) is 3.05. The van der Waals surface area contributed by atoms with Crippen molar-refractivity contribution >= 4 is 10.0 Å². The molecule has 0 spiro atoms. The maximum Gasteiger partial charge on any atom is 0.213 e. The van der Waals surface area contributed by atoms with Gasteiger partial charge in [0.05, 0.1) is 11.4 Å². The molecule has 0 aromatic carbocycles. The summed E-state index contributed by atoms with van der Waals surface area (Å²) in [6.45, 7) is 1.13. The zero-order valence-corrected chi connectivity index (χ0v) is 7.80. The molecule has 3 N–H and O–H groups in total. The number of hydrogen-bond donors (Lipinski definition) is 2. The number of rotatable bonds is 2. The van der Waals surface area contributed by atoms with Crippen molar-refractivity contribution in [3.63, 3.8) is 0 Å². The predicted molar refractivity (Wildman–Crippen MR) is 45.2 cm³/mol. The van der Waals surface area contributed by atoms with Gasteiger partial charge in [-0.1, -0.05) is 0 Å². The number of ether oxygens (including phenoxy) is 1. The number of nitrogens with two attached hydrogens (primary N) is 1. The molecule has 0 aliphatic carbocycles. The second-order valence-electron chi connectivity index (χ2n) is 2.96. The van der Waals surface area contributed by atoms with Gasteiger partial charge in [0.15, 0.2) is 0 Å². The number of piperidine rings is 1. The number of nitrogens with one attached hydrogen (secondary N) is 1. The topological polar surface area (TPSA) is 81.4 Å². The maximum absolute atomic E-state index is 10.9. The molecule has 6 heteroatoms. The Morgan fingerprint density at radius 1 is 1.50 bits per heavy atom. The first kappa shape index (κ1) is 9.91. The maximum atomic E-state index is 10.9.